The van der Waals surface area contributed by atoms with Crippen LogP contribution in [0.3, 0.4) is 0 Å². The topological polar surface area (TPSA) is 169 Å². The van der Waals surface area contributed by atoms with E-state index in [1.54, 1.807) is 0 Å². The number of benzene rings is 2. The van der Waals surface area contributed by atoms with Crippen LogP contribution in [0.25, 0.3) is 55.5 Å². The summed E-state index contributed by atoms with van der Waals surface area (Å²) in [5.74, 6) is 1.39. The molecule has 2 aromatic carbocycles. The standard InChI is InChI=1S/C57H73N13O3/c1-8-69-46(29-39(3)63-69)36-61-37-50-48-33-45(42(6)59)34-54(73-24-14-17-66-22-27-72-28-23-66)56(48)68(57(50)60-7)19-13-12-18-67-52-35-51(53-30-40(4)64-70(53)9-2)62-38-49(52)47-32-44(41(5)58)31-43(55(47)67)15-10-11-16-65-20-25-71-26-21-65/h12-13,29-35,37-38H,5-11,14-28,36,58-59H2,1-4H3/b13-12+,61-37?. The predicted molar refractivity (Wildman–Crippen MR) is 297 cm³/mol. The number of aromatic nitrogens is 7. The summed E-state index contributed by atoms with van der Waals surface area (Å²) < 4.78 is 26.6. The molecule has 7 heterocycles. The third-order valence-electron chi connectivity index (χ3n) is 14.2. The normalized spacial score (nSPS) is 15.0. The Hall–Kier alpha value is -6.85. The molecule has 384 valence electrons. The fraction of sp³-hybridized carbons (Fsp3) is 0.421. The first-order valence-corrected chi connectivity index (χ1v) is 26.0. The van der Waals surface area contributed by atoms with Gasteiger partial charge in [-0.1, -0.05) is 25.3 Å². The lowest BCUT2D eigenvalue weighted by Crippen LogP contribution is -2.37. The van der Waals surface area contributed by atoms with Crippen molar-refractivity contribution in [3.05, 3.63) is 113 Å². The maximum atomic E-state index is 6.75. The molecule has 2 saturated heterocycles. The lowest BCUT2D eigenvalue weighted by atomic mass is 9.99. The van der Waals surface area contributed by atoms with E-state index >= 15 is 0 Å². The maximum absolute atomic E-state index is 6.75. The van der Waals surface area contributed by atoms with Gasteiger partial charge < -0.3 is 34.8 Å². The highest BCUT2D eigenvalue weighted by Crippen LogP contribution is 2.40. The number of unbranched alkanes of at least 4 members (excludes halogenated alkanes) is 1. The molecule has 2 aliphatic heterocycles. The average Bonchev–Trinajstić information content (AvgIpc) is 4.15. The van der Waals surface area contributed by atoms with E-state index < -0.39 is 0 Å². The zero-order valence-electron chi connectivity index (χ0n) is 43.4. The molecule has 0 atom stereocenters. The minimum atomic E-state index is 0.448. The smallest absolute Gasteiger partial charge is 0.144 e. The molecule has 0 unspecified atom stereocenters. The molecule has 0 aliphatic carbocycles. The van der Waals surface area contributed by atoms with Crippen LogP contribution in [0.4, 0.5) is 5.82 Å². The van der Waals surface area contributed by atoms with Crippen LogP contribution in [-0.4, -0.2) is 129 Å². The summed E-state index contributed by atoms with van der Waals surface area (Å²) in [4.78, 5) is 19.7. The van der Waals surface area contributed by atoms with E-state index in [2.05, 4.69) is 106 Å². The highest BCUT2D eigenvalue weighted by Gasteiger charge is 2.23. The molecule has 0 bridgehead atoms. The Kier molecular flexibility index (Phi) is 16.3. The summed E-state index contributed by atoms with van der Waals surface area (Å²) in [6, 6.07) is 14.9. The Morgan fingerprint density at radius 2 is 1.38 bits per heavy atom. The number of morpholine rings is 2. The Bertz CT molecular complexity index is 3170. The molecule has 16 nitrogen and oxygen atoms in total. The van der Waals surface area contributed by atoms with Crippen molar-refractivity contribution in [1.82, 2.24) is 43.5 Å². The average molecular weight is 988 g/mol. The Morgan fingerprint density at radius 3 is 2.07 bits per heavy atom. The maximum Gasteiger partial charge on any atom is 0.144 e. The van der Waals surface area contributed by atoms with Gasteiger partial charge in [-0.15, -0.1) is 0 Å². The van der Waals surface area contributed by atoms with Crippen LogP contribution in [0.2, 0.25) is 0 Å². The summed E-state index contributed by atoms with van der Waals surface area (Å²) in [5.41, 5.74) is 25.7. The summed E-state index contributed by atoms with van der Waals surface area (Å²) >= 11 is 0. The monoisotopic (exact) mass is 988 g/mol. The largest absolute Gasteiger partial charge is 0.491 e. The van der Waals surface area contributed by atoms with Crippen molar-refractivity contribution in [2.24, 2.45) is 21.5 Å². The minimum absolute atomic E-state index is 0.448. The van der Waals surface area contributed by atoms with Gasteiger partial charge in [0.15, 0.2) is 0 Å². The lowest BCUT2D eigenvalue weighted by Gasteiger charge is -2.26. The molecule has 7 aromatic rings. The number of hydrogen-bond acceptors (Lipinski definition) is 12. The molecule has 0 saturated carbocycles. The zero-order valence-corrected chi connectivity index (χ0v) is 43.4. The third-order valence-corrected chi connectivity index (χ3v) is 14.2. The van der Waals surface area contributed by atoms with E-state index in [4.69, 9.17) is 45.7 Å². The number of allylic oxidation sites excluding steroid dienone is 2. The van der Waals surface area contributed by atoms with Crippen molar-refractivity contribution in [3.63, 3.8) is 0 Å². The van der Waals surface area contributed by atoms with Crippen molar-refractivity contribution in [3.8, 4) is 17.1 Å². The van der Waals surface area contributed by atoms with Crippen molar-refractivity contribution in [1.29, 1.82) is 0 Å². The predicted octanol–water partition coefficient (Wildman–Crippen LogP) is 8.68. The van der Waals surface area contributed by atoms with Crippen molar-refractivity contribution in [2.45, 2.75) is 86.1 Å². The first-order valence-electron chi connectivity index (χ1n) is 26.0. The molecule has 0 spiro atoms. The molecule has 0 amide bonds. The summed E-state index contributed by atoms with van der Waals surface area (Å²) in [6.45, 7) is 33.1. The van der Waals surface area contributed by atoms with E-state index in [9.17, 15) is 0 Å². The van der Waals surface area contributed by atoms with Crippen molar-refractivity contribution < 1.29 is 14.2 Å². The number of rotatable bonds is 23. The number of nitrogens with zero attached hydrogens (tertiary/aromatic N) is 11. The van der Waals surface area contributed by atoms with Gasteiger partial charge in [0.2, 0.25) is 0 Å². The van der Waals surface area contributed by atoms with Crippen LogP contribution in [0.5, 0.6) is 5.75 Å². The van der Waals surface area contributed by atoms with Gasteiger partial charge in [-0.3, -0.25) is 29.1 Å². The molecular formula is C57H73N13O3. The lowest BCUT2D eigenvalue weighted by molar-refractivity contribution is 0.0358. The summed E-state index contributed by atoms with van der Waals surface area (Å²) in [6.07, 6.45) is 12.2. The van der Waals surface area contributed by atoms with E-state index in [1.165, 1.54) is 11.1 Å². The van der Waals surface area contributed by atoms with E-state index in [0.29, 0.717) is 49.2 Å². The minimum Gasteiger partial charge on any atom is -0.491 e. The van der Waals surface area contributed by atoms with Gasteiger partial charge in [0.25, 0.3) is 0 Å². The zero-order chi connectivity index (χ0) is 51.0. The molecule has 73 heavy (non-hydrogen) atoms. The van der Waals surface area contributed by atoms with Gasteiger partial charge in [0.05, 0.1) is 84.6 Å². The number of pyridine rings is 1. The first kappa shape index (κ1) is 51.1. The molecule has 0 radical (unpaired) electrons. The SMILES string of the molecule is C=Nc1c(C=NCc2cc(C)nn2CC)c2cc(C(=C)N)cc(OCCCN3CCOCC3)c2n1C/C=C/Cn1c2cc(-c3cc(C)nn3CC)ncc2c2cc(C(=C)N)cc(CCCCN3CCOCC3)c21. The number of aliphatic imine (C=N–C) groups is 2. The van der Waals surface area contributed by atoms with Crippen molar-refractivity contribution >= 4 is 62.9 Å². The number of nitrogens with two attached hydrogens (primary N) is 2. The second-order valence-electron chi connectivity index (χ2n) is 19.2. The van der Waals surface area contributed by atoms with E-state index in [-0.39, 0.29) is 0 Å². The fourth-order valence-electron chi connectivity index (χ4n) is 10.5. The molecule has 2 fully saturated rings. The van der Waals surface area contributed by atoms with Crippen LogP contribution in [0.15, 0.2) is 84.0 Å². The Balaban J connectivity index is 1.11. The molecule has 5 aromatic heterocycles. The second-order valence-corrected chi connectivity index (χ2v) is 19.2. The van der Waals surface area contributed by atoms with E-state index in [0.717, 1.165) is 177 Å². The van der Waals surface area contributed by atoms with Gasteiger partial charge in [-0.2, -0.15) is 10.2 Å². The third kappa shape index (κ3) is 11.4. The Morgan fingerprint density at radius 1 is 0.740 bits per heavy atom. The summed E-state index contributed by atoms with van der Waals surface area (Å²) in [7, 11) is 0. The van der Waals surface area contributed by atoms with Crippen LogP contribution >= 0.6 is 0 Å². The van der Waals surface area contributed by atoms with Crippen LogP contribution in [0.1, 0.15) is 72.4 Å². The summed E-state index contributed by atoms with van der Waals surface area (Å²) in [5, 5.41) is 12.5. The molecule has 9 rings (SSSR count). The Labute approximate surface area is 429 Å². The highest BCUT2D eigenvalue weighted by molar-refractivity contribution is 6.11. The van der Waals surface area contributed by atoms with Crippen molar-refractivity contribution in [2.75, 3.05) is 72.3 Å². The quantitative estimate of drug-likeness (QED) is 0.0359. The van der Waals surface area contributed by atoms with Gasteiger partial charge in [-0.05, 0) is 120 Å². The molecular weight excluding hydrogens is 915 g/mol. The van der Waals surface area contributed by atoms with Gasteiger partial charge in [0, 0.05) is 110 Å². The fourth-order valence-corrected chi connectivity index (χ4v) is 10.5. The van der Waals surface area contributed by atoms with Gasteiger partial charge >= 0.3 is 0 Å². The number of fused-ring (bicyclic) bond motifs is 4. The van der Waals surface area contributed by atoms with Crippen LogP contribution < -0.4 is 16.2 Å². The number of ether oxygens (including phenoxy) is 3. The van der Waals surface area contributed by atoms with Gasteiger partial charge in [0.1, 0.15) is 11.6 Å². The second kappa shape index (κ2) is 23.4. The first-order chi connectivity index (χ1) is 35.5. The van der Waals surface area contributed by atoms with Crippen LogP contribution in [0, 0.1) is 13.8 Å². The van der Waals surface area contributed by atoms with Gasteiger partial charge in [-0.25, -0.2) is 4.99 Å². The molecule has 4 N–H and O–H groups in total. The molecule has 16 heteroatoms. The van der Waals surface area contributed by atoms with Crippen LogP contribution in [-0.2, 0) is 48.6 Å². The van der Waals surface area contributed by atoms with E-state index in [1.807, 2.05) is 41.7 Å². The number of aryl methyl sites for hydroxylation is 5. The number of hydrogen-bond donors (Lipinski definition) is 2. The highest BCUT2D eigenvalue weighted by atomic mass is 16.5. The molecule has 2 aliphatic rings.